The Morgan fingerprint density at radius 3 is 2.96 bits per heavy atom. The normalized spacial score (nSPS) is 22.9. The van der Waals surface area contributed by atoms with Gasteiger partial charge in [0.05, 0.1) is 15.6 Å². The van der Waals surface area contributed by atoms with Gasteiger partial charge in [-0.1, -0.05) is 29.9 Å². The van der Waals surface area contributed by atoms with E-state index in [9.17, 15) is 9.18 Å². The topological polar surface area (TPSA) is 48.5 Å². The largest absolute Gasteiger partial charge is 0.302 e. The van der Waals surface area contributed by atoms with E-state index in [0.717, 1.165) is 39.0 Å². The van der Waals surface area contributed by atoms with Crippen LogP contribution in [-0.2, 0) is 4.79 Å². The first-order valence-electron chi connectivity index (χ1n) is 9.99. The number of nitrogens with one attached hydrogen (secondary N) is 1. The molecular formula is C20H26ClFN4OS. The average molecular weight is 425 g/mol. The fourth-order valence-corrected chi connectivity index (χ4v) is 5.33. The summed E-state index contributed by atoms with van der Waals surface area (Å²) in [7, 11) is 0. The van der Waals surface area contributed by atoms with Gasteiger partial charge in [0, 0.05) is 31.7 Å². The van der Waals surface area contributed by atoms with Gasteiger partial charge in [-0.3, -0.25) is 14.6 Å². The van der Waals surface area contributed by atoms with Gasteiger partial charge in [-0.25, -0.2) is 9.37 Å². The lowest BCUT2D eigenvalue weighted by atomic mass is 9.93. The maximum Gasteiger partial charge on any atom is 0.230 e. The van der Waals surface area contributed by atoms with E-state index in [2.05, 4.69) is 33.9 Å². The fraction of sp³-hybridized carbons (Fsp3) is 0.600. The molecule has 0 bridgehead atoms. The summed E-state index contributed by atoms with van der Waals surface area (Å²) >= 11 is 7.32. The van der Waals surface area contributed by atoms with Crippen LogP contribution in [0.15, 0.2) is 12.1 Å². The number of aromatic nitrogens is 1. The maximum absolute atomic E-state index is 13.5. The van der Waals surface area contributed by atoms with E-state index in [1.54, 1.807) is 0 Å². The van der Waals surface area contributed by atoms with Crippen molar-refractivity contribution < 1.29 is 9.18 Å². The van der Waals surface area contributed by atoms with Crippen LogP contribution in [-0.4, -0.2) is 59.0 Å². The minimum absolute atomic E-state index is 0.00143. The van der Waals surface area contributed by atoms with Gasteiger partial charge in [-0.05, 0) is 44.9 Å². The van der Waals surface area contributed by atoms with Gasteiger partial charge >= 0.3 is 0 Å². The molecule has 2 aromatic rings. The summed E-state index contributed by atoms with van der Waals surface area (Å²) in [5.41, 5.74) is 0.535. The molecule has 152 valence electrons. The van der Waals surface area contributed by atoms with E-state index in [1.165, 1.54) is 29.9 Å². The molecule has 2 aliphatic rings. The van der Waals surface area contributed by atoms with Crippen LogP contribution >= 0.6 is 22.9 Å². The summed E-state index contributed by atoms with van der Waals surface area (Å²) in [4.78, 5) is 22.2. The first kappa shape index (κ1) is 20.0. The third-order valence-corrected chi connectivity index (χ3v) is 7.29. The van der Waals surface area contributed by atoms with Crippen LogP contribution in [0.25, 0.3) is 10.2 Å². The molecule has 1 aromatic heterocycles. The molecule has 1 aromatic carbocycles. The van der Waals surface area contributed by atoms with Crippen LogP contribution in [0.2, 0.25) is 5.02 Å². The standard InChI is InChI=1S/C20H26ClFN4OS/c1-3-12(2)26-10-15(11-26)25-6-4-5-13(9-25)19(27)24-20-23-18-16(21)7-14(22)8-17(18)28-20/h7-8,12-13,15H,3-6,9-11H2,1-2H3,(H,23,24,27). The summed E-state index contributed by atoms with van der Waals surface area (Å²) in [6.07, 6.45) is 3.10. The van der Waals surface area contributed by atoms with E-state index in [4.69, 9.17) is 11.6 Å². The number of thiazole rings is 1. The number of halogens is 2. The van der Waals surface area contributed by atoms with Crippen molar-refractivity contribution in [1.29, 1.82) is 0 Å². The molecule has 8 heteroatoms. The minimum Gasteiger partial charge on any atom is -0.302 e. The van der Waals surface area contributed by atoms with Crippen LogP contribution in [0.5, 0.6) is 0 Å². The molecule has 28 heavy (non-hydrogen) atoms. The molecule has 0 aliphatic carbocycles. The average Bonchev–Trinajstić information content (AvgIpc) is 3.03. The van der Waals surface area contributed by atoms with Crippen LogP contribution in [0.1, 0.15) is 33.1 Å². The van der Waals surface area contributed by atoms with Gasteiger partial charge in [0.2, 0.25) is 5.91 Å². The Hall–Kier alpha value is -1.28. The molecule has 1 N–H and O–H groups in total. The van der Waals surface area contributed by atoms with Crippen molar-refractivity contribution in [2.75, 3.05) is 31.5 Å². The lowest BCUT2D eigenvalue weighted by Gasteiger charge is -2.50. The molecule has 0 radical (unpaired) electrons. The van der Waals surface area contributed by atoms with Gasteiger partial charge in [0.25, 0.3) is 0 Å². The second-order valence-electron chi connectivity index (χ2n) is 7.94. The smallest absolute Gasteiger partial charge is 0.230 e. The predicted molar refractivity (Wildman–Crippen MR) is 113 cm³/mol. The summed E-state index contributed by atoms with van der Waals surface area (Å²) in [6, 6.07) is 3.84. The molecule has 2 atom stereocenters. The van der Waals surface area contributed by atoms with Crippen molar-refractivity contribution in [2.45, 2.75) is 45.2 Å². The highest BCUT2D eigenvalue weighted by Gasteiger charge is 2.37. The van der Waals surface area contributed by atoms with Gasteiger partial charge in [0.1, 0.15) is 11.3 Å². The van der Waals surface area contributed by atoms with Crippen molar-refractivity contribution in [2.24, 2.45) is 5.92 Å². The van der Waals surface area contributed by atoms with E-state index in [-0.39, 0.29) is 16.8 Å². The van der Waals surface area contributed by atoms with Gasteiger partial charge < -0.3 is 5.32 Å². The summed E-state index contributed by atoms with van der Waals surface area (Å²) in [5.74, 6) is -0.432. The number of carbonyl (C=O) groups excluding carboxylic acids is 1. The van der Waals surface area contributed by atoms with E-state index < -0.39 is 5.82 Å². The lowest BCUT2D eigenvalue weighted by Crippen LogP contribution is -2.63. The first-order valence-corrected chi connectivity index (χ1v) is 11.2. The minimum atomic E-state index is -0.395. The summed E-state index contributed by atoms with van der Waals surface area (Å²) < 4.78 is 14.2. The number of carbonyl (C=O) groups is 1. The van der Waals surface area contributed by atoms with Crippen LogP contribution < -0.4 is 5.32 Å². The van der Waals surface area contributed by atoms with Crippen molar-refractivity contribution in [1.82, 2.24) is 14.8 Å². The fourth-order valence-electron chi connectivity index (χ4n) is 4.11. The Morgan fingerprint density at radius 1 is 1.43 bits per heavy atom. The maximum atomic E-state index is 13.5. The highest BCUT2D eigenvalue weighted by Crippen LogP contribution is 2.32. The molecule has 0 spiro atoms. The summed E-state index contributed by atoms with van der Waals surface area (Å²) in [5, 5.41) is 3.68. The second-order valence-corrected chi connectivity index (χ2v) is 9.38. The van der Waals surface area contributed by atoms with Crippen LogP contribution in [0, 0.1) is 11.7 Å². The van der Waals surface area contributed by atoms with Crippen LogP contribution in [0.4, 0.5) is 9.52 Å². The summed E-state index contributed by atoms with van der Waals surface area (Å²) in [6.45, 7) is 8.57. The highest BCUT2D eigenvalue weighted by molar-refractivity contribution is 7.22. The monoisotopic (exact) mass is 424 g/mol. The molecule has 2 aliphatic heterocycles. The Labute approximate surface area is 173 Å². The Balaban J connectivity index is 1.37. The van der Waals surface area contributed by atoms with Crippen LogP contribution in [0.3, 0.4) is 0 Å². The first-order chi connectivity index (χ1) is 13.4. The van der Waals surface area contributed by atoms with E-state index >= 15 is 0 Å². The number of likely N-dealkylation sites (tertiary alicyclic amines) is 2. The molecule has 5 nitrogen and oxygen atoms in total. The molecule has 2 unspecified atom stereocenters. The molecule has 4 rings (SSSR count). The molecule has 2 saturated heterocycles. The number of nitrogens with zero attached hydrogens (tertiary/aromatic N) is 3. The number of rotatable bonds is 5. The van der Waals surface area contributed by atoms with Crippen molar-refractivity contribution in [3.63, 3.8) is 0 Å². The number of amides is 1. The van der Waals surface area contributed by atoms with E-state index in [0.29, 0.717) is 27.4 Å². The van der Waals surface area contributed by atoms with Crippen molar-refractivity contribution in [3.05, 3.63) is 23.0 Å². The molecular weight excluding hydrogens is 399 g/mol. The number of hydrogen-bond acceptors (Lipinski definition) is 5. The number of anilines is 1. The Morgan fingerprint density at radius 2 is 2.21 bits per heavy atom. The molecule has 0 saturated carbocycles. The quantitative estimate of drug-likeness (QED) is 0.780. The SMILES string of the molecule is CCC(C)N1CC(N2CCCC(C(=O)Nc3nc4c(Cl)cc(F)cc4s3)C2)C1. The molecule has 2 fully saturated rings. The zero-order valence-electron chi connectivity index (χ0n) is 16.3. The third-order valence-electron chi connectivity index (χ3n) is 6.09. The second kappa shape index (κ2) is 8.22. The molecule has 3 heterocycles. The van der Waals surface area contributed by atoms with Gasteiger partial charge in [-0.15, -0.1) is 0 Å². The zero-order chi connectivity index (χ0) is 19.8. The van der Waals surface area contributed by atoms with E-state index in [1.807, 2.05) is 0 Å². The third kappa shape index (κ3) is 4.03. The van der Waals surface area contributed by atoms with Crippen molar-refractivity contribution in [3.8, 4) is 0 Å². The van der Waals surface area contributed by atoms with Crippen molar-refractivity contribution >= 4 is 44.2 Å². The number of piperidine rings is 1. The lowest BCUT2D eigenvalue weighted by molar-refractivity contribution is -0.122. The predicted octanol–water partition coefficient (Wildman–Crippen LogP) is 4.22. The number of benzene rings is 1. The molecule has 1 amide bonds. The van der Waals surface area contributed by atoms with Gasteiger partial charge in [-0.2, -0.15) is 0 Å². The van der Waals surface area contributed by atoms with Gasteiger partial charge in [0.15, 0.2) is 5.13 Å². The number of hydrogen-bond donors (Lipinski definition) is 1. The number of fused-ring (bicyclic) bond motifs is 1. The zero-order valence-corrected chi connectivity index (χ0v) is 17.8. The highest BCUT2D eigenvalue weighted by atomic mass is 35.5. The Bertz CT molecular complexity index is 869. The Kier molecular flexibility index (Phi) is 5.88.